The summed E-state index contributed by atoms with van der Waals surface area (Å²) < 4.78 is 0. The molecule has 0 aliphatic carbocycles. The van der Waals surface area contributed by atoms with Gasteiger partial charge in [0.1, 0.15) is 0 Å². The van der Waals surface area contributed by atoms with Gasteiger partial charge in [0.15, 0.2) is 0 Å². The molecule has 156 valence electrons. The Bertz CT molecular complexity index is 910. The van der Waals surface area contributed by atoms with Crippen molar-refractivity contribution in [2.45, 2.75) is 64.8 Å². The van der Waals surface area contributed by atoms with Crippen molar-refractivity contribution in [1.82, 2.24) is 4.90 Å². The van der Waals surface area contributed by atoms with E-state index in [1.165, 1.54) is 49.7 Å². The number of nitriles is 2. The molecule has 1 atom stereocenters. The minimum absolute atomic E-state index is 0.590. The van der Waals surface area contributed by atoms with Crippen LogP contribution in [0.25, 0.3) is 0 Å². The average Bonchev–Trinajstić information content (AvgIpc) is 2.77. The van der Waals surface area contributed by atoms with E-state index < -0.39 is 0 Å². The normalized spacial score (nSPS) is 16.0. The summed E-state index contributed by atoms with van der Waals surface area (Å²) >= 11 is 0. The second kappa shape index (κ2) is 11.0. The first-order valence-electron chi connectivity index (χ1n) is 11.4. The molecule has 0 spiro atoms. The van der Waals surface area contributed by atoms with Gasteiger partial charge >= 0.3 is 0 Å². The first-order chi connectivity index (χ1) is 14.6. The van der Waals surface area contributed by atoms with Crippen molar-refractivity contribution < 1.29 is 0 Å². The number of nitrogens with zero attached hydrogens (tertiary/aromatic N) is 3. The van der Waals surface area contributed by atoms with Gasteiger partial charge in [-0.1, -0.05) is 50.5 Å². The maximum absolute atomic E-state index is 9.28. The zero-order chi connectivity index (χ0) is 21.3. The Morgan fingerprint density at radius 1 is 1.03 bits per heavy atom. The van der Waals surface area contributed by atoms with Crippen LogP contribution in [0.3, 0.4) is 0 Å². The molecular formula is C27H33N3. The summed E-state index contributed by atoms with van der Waals surface area (Å²) in [6.45, 7) is 7.48. The number of hydrogen-bond acceptors (Lipinski definition) is 3. The Labute approximate surface area is 182 Å². The quantitative estimate of drug-likeness (QED) is 0.488. The monoisotopic (exact) mass is 399 g/mol. The van der Waals surface area contributed by atoms with E-state index in [4.69, 9.17) is 5.26 Å². The van der Waals surface area contributed by atoms with Gasteiger partial charge in [-0.05, 0) is 86.0 Å². The molecule has 1 heterocycles. The summed E-state index contributed by atoms with van der Waals surface area (Å²) in [7, 11) is 0. The van der Waals surface area contributed by atoms with Crippen molar-refractivity contribution in [2.24, 2.45) is 5.92 Å². The van der Waals surface area contributed by atoms with E-state index in [1.807, 2.05) is 24.3 Å². The highest BCUT2D eigenvalue weighted by atomic mass is 15.1. The topological polar surface area (TPSA) is 50.8 Å². The third kappa shape index (κ3) is 5.71. The van der Waals surface area contributed by atoms with Gasteiger partial charge in [0.25, 0.3) is 0 Å². The predicted molar refractivity (Wildman–Crippen MR) is 122 cm³/mol. The number of benzene rings is 2. The van der Waals surface area contributed by atoms with E-state index in [2.05, 4.69) is 49.1 Å². The summed E-state index contributed by atoms with van der Waals surface area (Å²) in [6, 6.07) is 19.0. The minimum Gasteiger partial charge on any atom is -0.299 e. The van der Waals surface area contributed by atoms with E-state index in [9.17, 15) is 5.26 Å². The Morgan fingerprint density at radius 2 is 1.83 bits per heavy atom. The predicted octanol–water partition coefficient (Wildman–Crippen LogP) is 6.31. The first kappa shape index (κ1) is 22.1. The molecule has 0 aromatic heterocycles. The lowest BCUT2D eigenvalue weighted by Crippen LogP contribution is -2.35. The average molecular weight is 400 g/mol. The molecule has 2 aromatic carbocycles. The smallest absolute Gasteiger partial charge is 0.0994 e. The highest BCUT2D eigenvalue weighted by Gasteiger charge is 2.27. The van der Waals surface area contributed by atoms with Crippen molar-refractivity contribution in [3.8, 4) is 12.1 Å². The molecule has 1 unspecified atom stereocenters. The third-order valence-electron chi connectivity index (χ3n) is 6.58. The molecule has 1 saturated heterocycles. The van der Waals surface area contributed by atoms with Gasteiger partial charge < -0.3 is 0 Å². The Morgan fingerprint density at radius 3 is 2.50 bits per heavy atom. The fourth-order valence-corrected chi connectivity index (χ4v) is 4.84. The molecule has 0 amide bonds. The lowest BCUT2D eigenvalue weighted by molar-refractivity contribution is 0.158. The molecule has 0 saturated carbocycles. The zero-order valence-electron chi connectivity index (χ0n) is 18.4. The molecule has 1 aliphatic rings. The molecule has 0 N–H and O–H groups in total. The Kier molecular flexibility index (Phi) is 8.06. The lowest BCUT2D eigenvalue weighted by atomic mass is 9.76. The second-order valence-corrected chi connectivity index (χ2v) is 8.71. The molecule has 3 heteroatoms. The molecule has 30 heavy (non-hydrogen) atoms. The molecule has 3 rings (SSSR count). The summed E-state index contributed by atoms with van der Waals surface area (Å²) in [5, 5.41) is 18.4. The van der Waals surface area contributed by atoms with Crippen molar-refractivity contribution in [3.05, 3.63) is 70.3 Å². The first-order valence-corrected chi connectivity index (χ1v) is 11.4. The summed E-state index contributed by atoms with van der Waals surface area (Å²) in [5.74, 6) is 1.29. The summed E-state index contributed by atoms with van der Waals surface area (Å²) in [6.07, 6.45) is 7.50. The number of unbranched alkanes of at least 4 members (excludes halogenated alkanes) is 2. The van der Waals surface area contributed by atoms with Gasteiger partial charge in [0.05, 0.1) is 23.3 Å². The highest BCUT2D eigenvalue weighted by Crippen LogP contribution is 2.37. The van der Waals surface area contributed by atoms with E-state index in [-0.39, 0.29) is 0 Å². The van der Waals surface area contributed by atoms with Crippen molar-refractivity contribution >= 4 is 0 Å². The highest BCUT2D eigenvalue weighted by molar-refractivity contribution is 5.40. The molecule has 0 radical (unpaired) electrons. The van der Waals surface area contributed by atoms with Crippen LogP contribution in [-0.4, -0.2) is 18.0 Å². The molecular weight excluding hydrogens is 366 g/mol. The maximum Gasteiger partial charge on any atom is 0.0994 e. The second-order valence-electron chi connectivity index (χ2n) is 8.71. The lowest BCUT2D eigenvalue weighted by Gasteiger charge is -2.36. The Balaban J connectivity index is 1.66. The number of hydrogen-bond donors (Lipinski definition) is 0. The molecule has 1 aliphatic heterocycles. The van der Waals surface area contributed by atoms with Gasteiger partial charge in [-0.25, -0.2) is 0 Å². The SMILES string of the molecule is CCCCCC(c1ccc(C#N)c(C)c1)C1CCN(Cc2cccc(C#N)c2)CC1. The van der Waals surface area contributed by atoms with E-state index in [1.54, 1.807) is 0 Å². The van der Waals surface area contributed by atoms with Crippen molar-refractivity contribution in [2.75, 3.05) is 13.1 Å². The van der Waals surface area contributed by atoms with Crippen LogP contribution in [0.15, 0.2) is 42.5 Å². The van der Waals surface area contributed by atoms with Crippen LogP contribution in [0.5, 0.6) is 0 Å². The number of aryl methyl sites for hydroxylation is 1. The van der Waals surface area contributed by atoms with Gasteiger partial charge in [-0.3, -0.25) is 4.90 Å². The summed E-state index contributed by atoms with van der Waals surface area (Å²) in [4.78, 5) is 2.53. The van der Waals surface area contributed by atoms with E-state index in [0.717, 1.165) is 36.3 Å². The van der Waals surface area contributed by atoms with Crippen LogP contribution in [0.4, 0.5) is 0 Å². The van der Waals surface area contributed by atoms with Crippen LogP contribution in [0.1, 0.15) is 79.2 Å². The van der Waals surface area contributed by atoms with Gasteiger partial charge in [-0.15, -0.1) is 0 Å². The van der Waals surface area contributed by atoms with E-state index >= 15 is 0 Å². The van der Waals surface area contributed by atoms with Gasteiger partial charge in [0.2, 0.25) is 0 Å². The number of likely N-dealkylation sites (tertiary alicyclic amines) is 1. The Hall–Kier alpha value is -2.62. The van der Waals surface area contributed by atoms with Crippen molar-refractivity contribution in [1.29, 1.82) is 10.5 Å². The van der Waals surface area contributed by atoms with Crippen LogP contribution in [0, 0.1) is 35.5 Å². The molecule has 3 nitrogen and oxygen atoms in total. The van der Waals surface area contributed by atoms with Gasteiger partial charge in [-0.2, -0.15) is 10.5 Å². The van der Waals surface area contributed by atoms with Crippen molar-refractivity contribution in [3.63, 3.8) is 0 Å². The molecule has 1 fully saturated rings. The third-order valence-corrected chi connectivity index (χ3v) is 6.58. The number of piperidine rings is 1. The fraction of sp³-hybridized carbons (Fsp3) is 0.481. The molecule has 0 bridgehead atoms. The number of rotatable bonds is 8. The zero-order valence-corrected chi connectivity index (χ0v) is 18.4. The largest absolute Gasteiger partial charge is 0.299 e. The molecule has 2 aromatic rings. The fourth-order valence-electron chi connectivity index (χ4n) is 4.84. The maximum atomic E-state index is 9.28. The minimum atomic E-state index is 0.590. The standard InChI is InChI=1S/C27H33N3/c1-3-4-5-9-27(25-10-11-26(19-29)21(2)16-25)24-12-14-30(15-13-24)20-23-8-6-7-22(17-23)18-28/h6-8,10-11,16-17,24,27H,3-5,9,12-15,20H2,1-2H3. The van der Waals surface area contributed by atoms with Crippen LogP contribution in [0.2, 0.25) is 0 Å². The van der Waals surface area contributed by atoms with Crippen LogP contribution < -0.4 is 0 Å². The van der Waals surface area contributed by atoms with Gasteiger partial charge in [0, 0.05) is 6.54 Å². The van der Waals surface area contributed by atoms with Crippen LogP contribution >= 0.6 is 0 Å². The summed E-state index contributed by atoms with van der Waals surface area (Å²) in [5.41, 5.74) is 5.29. The van der Waals surface area contributed by atoms with E-state index in [0.29, 0.717) is 11.8 Å². The van der Waals surface area contributed by atoms with Crippen LogP contribution in [-0.2, 0) is 6.54 Å².